The highest BCUT2D eigenvalue weighted by Gasteiger charge is 2.13. The van der Waals surface area contributed by atoms with E-state index in [9.17, 15) is 9.90 Å². The lowest BCUT2D eigenvalue weighted by molar-refractivity contribution is -0.122. The molecule has 2 N–H and O–H groups in total. The maximum atomic E-state index is 12.0. The number of carbonyl (C=O) groups is 1. The van der Waals surface area contributed by atoms with E-state index >= 15 is 0 Å². The van der Waals surface area contributed by atoms with E-state index in [1.807, 2.05) is 37.5 Å². The van der Waals surface area contributed by atoms with E-state index in [4.69, 9.17) is 0 Å². The third-order valence-corrected chi connectivity index (χ3v) is 3.71. The smallest absolute Gasteiger partial charge is 0.220 e. The Balaban J connectivity index is 1.89. The minimum atomic E-state index is -0.354. The highest BCUT2D eigenvalue weighted by atomic mass is 16.3. The molecule has 1 amide bonds. The molecule has 0 spiro atoms. The van der Waals surface area contributed by atoms with Crippen LogP contribution in [0.25, 0.3) is 0 Å². The van der Waals surface area contributed by atoms with Crippen LogP contribution in [0.3, 0.4) is 0 Å². The van der Waals surface area contributed by atoms with E-state index in [0.717, 1.165) is 17.5 Å². The van der Waals surface area contributed by atoms with Gasteiger partial charge in [0.15, 0.2) is 0 Å². The van der Waals surface area contributed by atoms with Gasteiger partial charge >= 0.3 is 0 Å². The second-order valence-electron chi connectivity index (χ2n) is 5.42. The third-order valence-electron chi connectivity index (χ3n) is 3.71. The number of nitrogens with one attached hydrogen (secondary N) is 1. The van der Waals surface area contributed by atoms with Gasteiger partial charge in [-0.2, -0.15) is 5.10 Å². The third kappa shape index (κ3) is 4.43. The molecule has 0 aliphatic rings. The summed E-state index contributed by atoms with van der Waals surface area (Å²) in [4.78, 5) is 12.0. The summed E-state index contributed by atoms with van der Waals surface area (Å²) in [5, 5.41) is 16.5. The van der Waals surface area contributed by atoms with Gasteiger partial charge in [-0.3, -0.25) is 9.48 Å². The lowest BCUT2D eigenvalue weighted by Gasteiger charge is -2.17. The van der Waals surface area contributed by atoms with E-state index in [-0.39, 0.29) is 18.6 Å². The molecule has 1 unspecified atom stereocenters. The number of amides is 1. The van der Waals surface area contributed by atoms with Crippen molar-refractivity contribution in [1.29, 1.82) is 0 Å². The molecular weight excluding hydrogens is 278 g/mol. The summed E-state index contributed by atoms with van der Waals surface area (Å²) >= 11 is 0. The first-order valence-corrected chi connectivity index (χ1v) is 7.59. The van der Waals surface area contributed by atoms with Gasteiger partial charge in [-0.15, -0.1) is 0 Å². The standard InChI is InChI=1S/C17H23N3O2/c1-3-13-4-7-15(8-5-13)16(12-21)19-17(22)9-6-14-10-18-20(2)11-14/h4-5,7-8,10-11,16,21H,3,6,9,12H2,1-2H3,(H,19,22). The molecule has 118 valence electrons. The van der Waals surface area contributed by atoms with Crippen molar-refractivity contribution < 1.29 is 9.90 Å². The van der Waals surface area contributed by atoms with Gasteiger partial charge < -0.3 is 10.4 Å². The lowest BCUT2D eigenvalue weighted by Crippen LogP contribution is -2.30. The predicted octanol–water partition coefficient (Wildman–Crippen LogP) is 1.76. The van der Waals surface area contributed by atoms with Gasteiger partial charge in [0, 0.05) is 19.7 Å². The molecule has 2 rings (SSSR count). The fourth-order valence-corrected chi connectivity index (χ4v) is 2.35. The van der Waals surface area contributed by atoms with Crippen LogP contribution in [0.4, 0.5) is 0 Å². The minimum Gasteiger partial charge on any atom is -0.394 e. The Morgan fingerprint density at radius 3 is 2.59 bits per heavy atom. The van der Waals surface area contributed by atoms with Gasteiger partial charge in [0.05, 0.1) is 18.8 Å². The van der Waals surface area contributed by atoms with Crippen LogP contribution in [-0.2, 0) is 24.7 Å². The Hall–Kier alpha value is -2.14. The van der Waals surface area contributed by atoms with Gasteiger partial charge in [-0.1, -0.05) is 31.2 Å². The quantitative estimate of drug-likeness (QED) is 0.819. The molecule has 1 aromatic heterocycles. The molecule has 0 aliphatic heterocycles. The molecule has 0 saturated carbocycles. The summed E-state index contributed by atoms with van der Waals surface area (Å²) in [6.45, 7) is 1.99. The van der Waals surface area contributed by atoms with Crippen molar-refractivity contribution in [3.05, 3.63) is 53.3 Å². The summed E-state index contributed by atoms with van der Waals surface area (Å²) in [6, 6.07) is 7.62. The SMILES string of the molecule is CCc1ccc(C(CO)NC(=O)CCc2cnn(C)c2)cc1. The van der Waals surface area contributed by atoms with Crippen molar-refractivity contribution in [3.63, 3.8) is 0 Å². The molecule has 1 aromatic carbocycles. The Morgan fingerprint density at radius 1 is 1.32 bits per heavy atom. The van der Waals surface area contributed by atoms with Gasteiger partial charge in [0.25, 0.3) is 0 Å². The van der Waals surface area contributed by atoms with Crippen LogP contribution < -0.4 is 5.32 Å². The Morgan fingerprint density at radius 2 is 2.05 bits per heavy atom. The number of aliphatic hydroxyl groups excluding tert-OH is 1. The minimum absolute atomic E-state index is 0.0672. The van der Waals surface area contributed by atoms with Crippen molar-refractivity contribution in [3.8, 4) is 0 Å². The van der Waals surface area contributed by atoms with Crippen molar-refractivity contribution in [2.24, 2.45) is 7.05 Å². The monoisotopic (exact) mass is 301 g/mol. The van der Waals surface area contributed by atoms with Crippen molar-refractivity contribution in [2.75, 3.05) is 6.61 Å². The van der Waals surface area contributed by atoms with Gasteiger partial charge in [0.1, 0.15) is 0 Å². The first-order chi connectivity index (χ1) is 10.6. The van der Waals surface area contributed by atoms with E-state index in [1.54, 1.807) is 10.9 Å². The van der Waals surface area contributed by atoms with E-state index in [0.29, 0.717) is 12.8 Å². The maximum absolute atomic E-state index is 12.0. The molecule has 1 heterocycles. The van der Waals surface area contributed by atoms with E-state index in [1.165, 1.54) is 5.56 Å². The van der Waals surface area contributed by atoms with Gasteiger partial charge in [-0.25, -0.2) is 0 Å². The van der Waals surface area contributed by atoms with E-state index < -0.39 is 0 Å². The lowest BCUT2D eigenvalue weighted by atomic mass is 10.0. The van der Waals surface area contributed by atoms with Gasteiger partial charge in [0.2, 0.25) is 5.91 Å². The molecule has 0 radical (unpaired) electrons. The average molecular weight is 301 g/mol. The number of carbonyl (C=O) groups excluding carboxylic acids is 1. The molecule has 5 heteroatoms. The van der Waals surface area contributed by atoms with Crippen LogP contribution in [0.5, 0.6) is 0 Å². The van der Waals surface area contributed by atoms with Crippen molar-refractivity contribution >= 4 is 5.91 Å². The fourth-order valence-electron chi connectivity index (χ4n) is 2.35. The molecule has 5 nitrogen and oxygen atoms in total. The summed E-state index contributed by atoms with van der Waals surface area (Å²) in [6.07, 6.45) is 5.67. The first kappa shape index (κ1) is 16.2. The first-order valence-electron chi connectivity index (χ1n) is 7.59. The Bertz CT molecular complexity index is 605. The topological polar surface area (TPSA) is 67.2 Å². The second-order valence-corrected chi connectivity index (χ2v) is 5.42. The summed E-state index contributed by atoms with van der Waals surface area (Å²) in [7, 11) is 1.85. The van der Waals surface area contributed by atoms with Crippen LogP contribution in [0.1, 0.15) is 36.1 Å². The summed E-state index contributed by atoms with van der Waals surface area (Å²) in [5.74, 6) is -0.0672. The molecule has 22 heavy (non-hydrogen) atoms. The zero-order chi connectivity index (χ0) is 15.9. The zero-order valence-electron chi connectivity index (χ0n) is 13.1. The number of rotatable bonds is 7. The molecule has 0 fully saturated rings. The molecular formula is C17H23N3O2. The van der Waals surface area contributed by atoms with Crippen molar-refractivity contribution in [1.82, 2.24) is 15.1 Å². The number of hydrogen-bond acceptors (Lipinski definition) is 3. The second kappa shape index (κ2) is 7.75. The highest BCUT2D eigenvalue weighted by Crippen LogP contribution is 2.14. The number of benzene rings is 1. The van der Waals surface area contributed by atoms with Crippen LogP contribution >= 0.6 is 0 Å². The maximum Gasteiger partial charge on any atom is 0.220 e. The number of hydrogen-bond donors (Lipinski definition) is 2. The van der Waals surface area contributed by atoms with Crippen LogP contribution in [-0.4, -0.2) is 27.4 Å². The fraction of sp³-hybridized carbons (Fsp3) is 0.412. The molecule has 2 aromatic rings. The average Bonchev–Trinajstić information content (AvgIpc) is 2.96. The Kier molecular flexibility index (Phi) is 5.72. The normalized spacial score (nSPS) is 12.1. The largest absolute Gasteiger partial charge is 0.394 e. The molecule has 0 aliphatic carbocycles. The molecule has 1 atom stereocenters. The molecule has 0 saturated heterocycles. The van der Waals surface area contributed by atoms with Gasteiger partial charge in [-0.05, 0) is 29.5 Å². The van der Waals surface area contributed by atoms with Crippen molar-refractivity contribution in [2.45, 2.75) is 32.2 Å². The van der Waals surface area contributed by atoms with Crippen LogP contribution in [0.15, 0.2) is 36.7 Å². The number of aromatic nitrogens is 2. The highest BCUT2D eigenvalue weighted by molar-refractivity contribution is 5.76. The number of aliphatic hydroxyl groups is 1. The van der Waals surface area contributed by atoms with Crippen LogP contribution in [0, 0.1) is 0 Å². The number of nitrogens with zero attached hydrogens (tertiary/aromatic N) is 2. The summed E-state index contributed by atoms with van der Waals surface area (Å²) in [5.41, 5.74) is 3.20. The Labute approximate surface area is 131 Å². The van der Waals surface area contributed by atoms with E-state index in [2.05, 4.69) is 17.3 Å². The number of aryl methyl sites for hydroxylation is 3. The summed E-state index contributed by atoms with van der Waals surface area (Å²) < 4.78 is 1.72. The predicted molar refractivity (Wildman–Crippen MR) is 85.3 cm³/mol. The molecule has 0 bridgehead atoms. The zero-order valence-corrected chi connectivity index (χ0v) is 13.1. The van der Waals surface area contributed by atoms with Crippen LogP contribution in [0.2, 0.25) is 0 Å².